The van der Waals surface area contributed by atoms with Gasteiger partial charge in [0.25, 0.3) is 10.0 Å². The highest BCUT2D eigenvalue weighted by Gasteiger charge is 1.99. The summed E-state index contributed by atoms with van der Waals surface area (Å²) in [6.45, 7) is 0. The molecule has 0 fully saturated rings. The summed E-state index contributed by atoms with van der Waals surface area (Å²) in [6.07, 6.45) is 5.51. The summed E-state index contributed by atoms with van der Waals surface area (Å²) in [5.41, 5.74) is 0. The molecule has 0 saturated carbocycles. The molecule has 0 radical (unpaired) electrons. The van der Waals surface area contributed by atoms with Crippen LogP contribution >= 0.6 is 0 Å². The fourth-order valence-corrected chi connectivity index (χ4v) is 1.01. The number of allylic oxidation sites excluding steroid dienone is 1. The predicted molar refractivity (Wildman–Crippen MR) is 38.8 cm³/mol. The zero-order valence-corrected chi connectivity index (χ0v) is 5.88. The molecule has 0 bridgehead atoms. The number of nitrogens with zero attached hydrogens (tertiary/aromatic N) is 1. The van der Waals surface area contributed by atoms with Gasteiger partial charge in [-0.3, -0.25) is 9.71 Å². The lowest BCUT2D eigenvalue weighted by atomic mass is 10.7. The molecule has 0 spiro atoms. The van der Waals surface area contributed by atoms with Crippen molar-refractivity contribution >= 4 is 16.2 Å². The Balaban J connectivity index is 2.96. The summed E-state index contributed by atoms with van der Waals surface area (Å²) in [6, 6.07) is 0. The Labute approximate surface area is 59.0 Å². The highest BCUT2D eigenvalue weighted by Crippen LogP contribution is 1.89. The molecule has 10 heavy (non-hydrogen) atoms. The predicted octanol–water partition coefficient (Wildman–Crippen LogP) is -0.0249. The molecule has 4 nitrogen and oxygen atoms in total. The van der Waals surface area contributed by atoms with Crippen molar-refractivity contribution in [3.05, 3.63) is 23.9 Å². The molecule has 0 aromatic carbocycles. The van der Waals surface area contributed by atoms with Gasteiger partial charge in [-0.15, -0.1) is 0 Å². The molecule has 1 N–H and O–H groups in total. The second kappa shape index (κ2) is 2.66. The van der Waals surface area contributed by atoms with Crippen LogP contribution in [0.2, 0.25) is 0 Å². The Kier molecular flexibility index (Phi) is 1.86. The van der Waals surface area contributed by atoms with Gasteiger partial charge in [0.2, 0.25) is 0 Å². The summed E-state index contributed by atoms with van der Waals surface area (Å²) in [5, 5.41) is 0.993. The van der Waals surface area contributed by atoms with Gasteiger partial charge in [-0.25, -0.2) is 8.42 Å². The van der Waals surface area contributed by atoms with Crippen LogP contribution < -0.4 is 4.72 Å². The summed E-state index contributed by atoms with van der Waals surface area (Å²) in [4.78, 5) is 3.61. The van der Waals surface area contributed by atoms with Crippen LogP contribution in [-0.2, 0) is 10.0 Å². The Morgan fingerprint density at radius 3 is 3.00 bits per heavy atom. The zero-order chi connectivity index (χ0) is 7.45. The lowest BCUT2D eigenvalue weighted by molar-refractivity contribution is 0.599. The Hall–Kier alpha value is -1.10. The number of rotatable bonds is 0. The van der Waals surface area contributed by atoms with Gasteiger partial charge in [-0.2, -0.15) is 0 Å². The molecule has 1 rings (SSSR count). The molecule has 1 aliphatic rings. The third kappa shape index (κ3) is 2.02. The van der Waals surface area contributed by atoms with Gasteiger partial charge in [0.05, 0.1) is 5.41 Å². The van der Waals surface area contributed by atoms with Crippen molar-refractivity contribution in [2.24, 2.45) is 4.99 Å². The molecule has 0 aromatic rings. The maximum absolute atomic E-state index is 10.7. The molecule has 0 saturated heterocycles. The van der Waals surface area contributed by atoms with E-state index < -0.39 is 10.0 Å². The monoisotopic (exact) mass is 158 g/mol. The lowest BCUT2D eigenvalue weighted by Gasteiger charge is -1.95. The third-order valence-corrected chi connectivity index (χ3v) is 1.77. The van der Waals surface area contributed by atoms with Crippen LogP contribution in [0.25, 0.3) is 0 Å². The summed E-state index contributed by atoms with van der Waals surface area (Å²) in [5.74, 6) is 0. The van der Waals surface area contributed by atoms with Crippen LogP contribution in [0.5, 0.6) is 0 Å². The Morgan fingerprint density at radius 1 is 1.40 bits per heavy atom. The fraction of sp³-hybridized carbons (Fsp3) is 0. The minimum absolute atomic E-state index is 0.993. The smallest absolute Gasteiger partial charge is 0.256 e. The van der Waals surface area contributed by atoms with Crippen LogP contribution in [0.15, 0.2) is 28.9 Å². The largest absolute Gasteiger partial charge is 0.287 e. The van der Waals surface area contributed by atoms with Crippen molar-refractivity contribution in [2.75, 3.05) is 0 Å². The summed E-state index contributed by atoms with van der Waals surface area (Å²) >= 11 is 0. The van der Waals surface area contributed by atoms with Crippen molar-refractivity contribution in [3.63, 3.8) is 0 Å². The molecule has 0 unspecified atom stereocenters. The second-order valence-electron chi connectivity index (χ2n) is 1.61. The van der Waals surface area contributed by atoms with E-state index >= 15 is 0 Å². The SMILES string of the molecule is O=S1(=O)\C=C/N=C\C=C/N1. The fourth-order valence-electron chi connectivity index (χ4n) is 0.431. The molecular formula is C5H6N2O2S. The van der Waals surface area contributed by atoms with Crippen molar-refractivity contribution in [1.29, 1.82) is 0 Å². The van der Waals surface area contributed by atoms with Gasteiger partial charge >= 0.3 is 0 Å². The second-order valence-corrected chi connectivity index (χ2v) is 3.20. The van der Waals surface area contributed by atoms with Crippen LogP contribution in [-0.4, -0.2) is 14.6 Å². The van der Waals surface area contributed by atoms with Crippen molar-refractivity contribution in [1.82, 2.24) is 4.72 Å². The molecular weight excluding hydrogens is 152 g/mol. The minimum Gasteiger partial charge on any atom is -0.287 e. The normalized spacial score (nSPS) is 30.8. The van der Waals surface area contributed by atoms with Crippen LogP contribution in [0.1, 0.15) is 0 Å². The van der Waals surface area contributed by atoms with Gasteiger partial charge in [-0.1, -0.05) is 0 Å². The number of hydrogen-bond donors (Lipinski definition) is 1. The van der Waals surface area contributed by atoms with Crippen LogP contribution in [0.4, 0.5) is 0 Å². The first-order valence-corrected chi connectivity index (χ1v) is 4.12. The van der Waals surface area contributed by atoms with E-state index in [9.17, 15) is 8.42 Å². The van der Waals surface area contributed by atoms with Crippen molar-refractivity contribution in [2.45, 2.75) is 0 Å². The quantitative estimate of drug-likeness (QED) is 0.538. The molecule has 0 amide bonds. The maximum atomic E-state index is 10.7. The molecule has 1 heterocycles. The van der Waals surface area contributed by atoms with E-state index in [1.807, 2.05) is 0 Å². The average molecular weight is 158 g/mol. The first-order valence-electron chi connectivity index (χ1n) is 2.58. The number of hydrogen-bond acceptors (Lipinski definition) is 3. The topological polar surface area (TPSA) is 58.5 Å². The van der Waals surface area contributed by atoms with Crippen molar-refractivity contribution in [3.8, 4) is 0 Å². The van der Waals surface area contributed by atoms with E-state index in [1.54, 1.807) is 0 Å². The Morgan fingerprint density at radius 2 is 2.20 bits per heavy atom. The van der Waals surface area contributed by atoms with Gasteiger partial charge in [0, 0.05) is 18.6 Å². The first kappa shape index (κ1) is 7.01. The standard InChI is InChI=1S/C5H6N2O2S/c8-10(9)5-4-6-2-1-3-7-10/h1-5,7H/b3-1-,5-4-,6-2-. The van der Waals surface area contributed by atoms with E-state index in [-0.39, 0.29) is 0 Å². The third-order valence-electron chi connectivity index (χ3n) is 0.827. The molecule has 1 aliphatic heterocycles. The highest BCUT2D eigenvalue weighted by atomic mass is 32.2. The van der Waals surface area contributed by atoms with Gasteiger partial charge in [0.1, 0.15) is 0 Å². The molecule has 0 aliphatic carbocycles. The average Bonchev–Trinajstić information content (AvgIpc) is 1.81. The van der Waals surface area contributed by atoms with E-state index in [0.717, 1.165) is 5.41 Å². The number of nitrogens with one attached hydrogen (secondary N) is 1. The van der Waals surface area contributed by atoms with Crippen molar-refractivity contribution < 1.29 is 8.42 Å². The minimum atomic E-state index is -3.27. The number of aliphatic imine (C=N–C) groups is 1. The molecule has 54 valence electrons. The van der Waals surface area contributed by atoms with Crippen LogP contribution in [0.3, 0.4) is 0 Å². The van der Waals surface area contributed by atoms with E-state index in [0.29, 0.717) is 0 Å². The first-order chi connectivity index (χ1) is 4.71. The zero-order valence-electron chi connectivity index (χ0n) is 5.06. The Bertz CT molecular complexity index is 287. The summed E-state index contributed by atoms with van der Waals surface area (Å²) < 4.78 is 23.6. The van der Waals surface area contributed by atoms with E-state index in [4.69, 9.17) is 0 Å². The van der Waals surface area contributed by atoms with Gasteiger partial charge in [-0.05, 0) is 6.08 Å². The highest BCUT2D eigenvalue weighted by molar-refractivity contribution is 7.92. The lowest BCUT2D eigenvalue weighted by Crippen LogP contribution is -2.14. The van der Waals surface area contributed by atoms with Gasteiger partial charge < -0.3 is 0 Å². The van der Waals surface area contributed by atoms with E-state index in [2.05, 4.69) is 9.71 Å². The molecule has 0 atom stereocenters. The molecule has 0 aromatic heterocycles. The summed E-state index contributed by atoms with van der Waals surface area (Å²) in [7, 11) is -3.27. The molecule has 5 heteroatoms. The number of sulfonamides is 1. The van der Waals surface area contributed by atoms with Crippen LogP contribution in [0, 0.1) is 0 Å². The van der Waals surface area contributed by atoms with Gasteiger partial charge in [0.15, 0.2) is 0 Å². The van der Waals surface area contributed by atoms with E-state index in [1.165, 1.54) is 24.7 Å². The maximum Gasteiger partial charge on any atom is 0.256 e.